The smallest absolute Gasteiger partial charge is 0.0590 e. The standard InChI is InChI=1S/C10H21NO/c1-3-6-11-9(2)8-10-5-4-7-12-10/h9-11H,3-8H2,1-2H3. The highest BCUT2D eigenvalue weighted by atomic mass is 16.5. The highest BCUT2D eigenvalue weighted by Crippen LogP contribution is 2.16. The quantitative estimate of drug-likeness (QED) is 0.682. The third kappa shape index (κ3) is 3.55. The molecule has 1 N–H and O–H groups in total. The summed E-state index contributed by atoms with van der Waals surface area (Å²) in [6, 6.07) is 0.619. The third-order valence-electron chi connectivity index (χ3n) is 2.38. The molecule has 1 aliphatic heterocycles. The van der Waals surface area contributed by atoms with E-state index in [1.807, 2.05) is 0 Å². The molecule has 0 radical (unpaired) electrons. The fourth-order valence-electron chi connectivity index (χ4n) is 1.70. The summed E-state index contributed by atoms with van der Waals surface area (Å²) in [6.07, 6.45) is 5.45. The molecule has 0 aromatic carbocycles. The largest absolute Gasteiger partial charge is 0.378 e. The summed E-state index contributed by atoms with van der Waals surface area (Å²) in [5.41, 5.74) is 0. The molecule has 2 heteroatoms. The summed E-state index contributed by atoms with van der Waals surface area (Å²) >= 11 is 0. The van der Waals surface area contributed by atoms with Gasteiger partial charge in [-0.05, 0) is 39.2 Å². The molecule has 0 saturated carbocycles. The predicted octanol–water partition coefficient (Wildman–Crippen LogP) is 1.94. The summed E-state index contributed by atoms with van der Waals surface area (Å²) in [5, 5.41) is 3.48. The molecule has 2 unspecified atom stereocenters. The molecule has 1 fully saturated rings. The Hall–Kier alpha value is -0.0800. The van der Waals surface area contributed by atoms with Crippen molar-refractivity contribution in [2.75, 3.05) is 13.2 Å². The molecule has 0 aliphatic carbocycles. The fraction of sp³-hybridized carbons (Fsp3) is 1.00. The Bertz CT molecular complexity index is 110. The molecule has 1 saturated heterocycles. The maximum Gasteiger partial charge on any atom is 0.0590 e. The van der Waals surface area contributed by atoms with Crippen molar-refractivity contribution in [3.8, 4) is 0 Å². The van der Waals surface area contributed by atoms with Gasteiger partial charge in [-0.3, -0.25) is 0 Å². The average molecular weight is 171 g/mol. The minimum atomic E-state index is 0.532. The predicted molar refractivity (Wildman–Crippen MR) is 51.3 cm³/mol. The molecule has 2 nitrogen and oxygen atoms in total. The Kier molecular flexibility index (Phi) is 4.62. The van der Waals surface area contributed by atoms with Gasteiger partial charge in [0, 0.05) is 12.6 Å². The monoisotopic (exact) mass is 171 g/mol. The summed E-state index contributed by atoms with van der Waals surface area (Å²) in [6.45, 7) is 6.56. The van der Waals surface area contributed by atoms with Crippen LogP contribution in [0.25, 0.3) is 0 Å². The van der Waals surface area contributed by atoms with E-state index in [0.29, 0.717) is 12.1 Å². The minimum absolute atomic E-state index is 0.532. The van der Waals surface area contributed by atoms with Gasteiger partial charge in [0.15, 0.2) is 0 Å². The van der Waals surface area contributed by atoms with Crippen molar-refractivity contribution < 1.29 is 4.74 Å². The SMILES string of the molecule is CCCNC(C)CC1CCCO1. The lowest BCUT2D eigenvalue weighted by atomic mass is 10.1. The van der Waals surface area contributed by atoms with Crippen LogP contribution in [-0.2, 0) is 4.74 Å². The van der Waals surface area contributed by atoms with Crippen molar-refractivity contribution in [1.82, 2.24) is 5.32 Å². The molecule has 0 amide bonds. The van der Waals surface area contributed by atoms with Crippen LogP contribution in [0, 0.1) is 0 Å². The van der Waals surface area contributed by atoms with Gasteiger partial charge < -0.3 is 10.1 Å². The second-order valence-corrected chi connectivity index (χ2v) is 3.73. The van der Waals surface area contributed by atoms with Gasteiger partial charge in [-0.1, -0.05) is 6.92 Å². The van der Waals surface area contributed by atoms with E-state index in [4.69, 9.17) is 4.74 Å². The van der Waals surface area contributed by atoms with Gasteiger partial charge in [0.1, 0.15) is 0 Å². The van der Waals surface area contributed by atoms with Gasteiger partial charge in [0.25, 0.3) is 0 Å². The first-order valence-corrected chi connectivity index (χ1v) is 5.18. The molecule has 1 rings (SSSR count). The molecule has 0 spiro atoms. The van der Waals surface area contributed by atoms with E-state index in [0.717, 1.165) is 13.2 Å². The highest BCUT2D eigenvalue weighted by Gasteiger charge is 2.17. The Morgan fingerprint density at radius 3 is 3.00 bits per heavy atom. The van der Waals surface area contributed by atoms with E-state index >= 15 is 0 Å². The van der Waals surface area contributed by atoms with E-state index in [2.05, 4.69) is 19.2 Å². The molecule has 72 valence electrons. The molecule has 1 heterocycles. The first-order valence-electron chi connectivity index (χ1n) is 5.18. The number of nitrogens with one attached hydrogen (secondary N) is 1. The molecule has 2 atom stereocenters. The maximum absolute atomic E-state index is 5.56. The molecule has 1 aliphatic rings. The lowest BCUT2D eigenvalue weighted by Crippen LogP contribution is -2.30. The van der Waals surface area contributed by atoms with E-state index in [-0.39, 0.29) is 0 Å². The highest BCUT2D eigenvalue weighted by molar-refractivity contribution is 4.71. The van der Waals surface area contributed by atoms with Crippen LogP contribution in [0.15, 0.2) is 0 Å². The molecular weight excluding hydrogens is 150 g/mol. The van der Waals surface area contributed by atoms with Gasteiger partial charge in [-0.2, -0.15) is 0 Å². The third-order valence-corrected chi connectivity index (χ3v) is 2.38. The van der Waals surface area contributed by atoms with Gasteiger partial charge in [-0.25, -0.2) is 0 Å². The van der Waals surface area contributed by atoms with E-state index in [9.17, 15) is 0 Å². The summed E-state index contributed by atoms with van der Waals surface area (Å²) < 4.78 is 5.56. The molecular formula is C10H21NO. The van der Waals surface area contributed by atoms with Crippen molar-refractivity contribution in [2.24, 2.45) is 0 Å². The zero-order valence-electron chi connectivity index (χ0n) is 8.31. The number of rotatable bonds is 5. The van der Waals surface area contributed by atoms with E-state index in [1.165, 1.54) is 25.7 Å². The van der Waals surface area contributed by atoms with Crippen molar-refractivity contribution in [2.45, 2.75) is 51.7 Å². The van der Waals surface area contributed by atoms with Gasteiger partial charge in [-0.15, -0.1) is 0 Å². The van der Waals surface area contributed by atoms with Crippen LogP contribution in [0.1, 0.15) is 39.5 Å². The molecule has 0 aromatic rings. The Labute approximate surface area is 75.7 Å². The van der Waals surface area contributed by atoms with E-state index < -0.39 is 0 Å². The van der Waals surface area contributed by atoms with Crippen molar-refractivity contribution in [3.63, 3.8) is 0 Å². The summed E-state index contributed by atoms with van der Waals surface area (Å²) in [5.74, 6) is 0. The Morgan fingerprint density at radius 1 is 1.58 bits per heavy atom. The first-order chi connectivity index (χ1) is 5.83. The molecule has 0 bridgehead atoms. The van der Waals surface area contributed by atoms with E-state index in [1.54, 1.807) is 0 Å². The second-order valence-electron chi connectivity index (χ2n) is 3.73. The molecule has 12 heavy (non-hydrogen) atoms. The van der Waals surface area contributed by atoms with Crippen molar-refractivity contribution in [3.05, 3.63) is 0 Å². The van der Waals surface area contributed by atoms with Crippen LogP contribution in [0.2, 0.25) is 0 Å². The van der Waals surface area contributed by atoms with Crippen molar-refractivity contribution >= 4 is 0 Å². The number of hydrogen-bond donors (Lipinski definition) is 1. The Morgan fingerprint density at radius 2 is 2.42 bits per heavy atom. The minimum Gasteiger partial charge on any atom is -0.378 e. The van der Waals surface area contributed by atoms with Crippen LogP contribution in [0.5, 0.6) is 0 Å². The zero-order chi connectivity index (χ0) is 8.81. The topological polar surface area (TPSA) is 21.3 Å². The fourth-order valence-corrected chi connectivity index (χ4v) is 1.70. The maximum atomic E-state index is 5.56. The lowest BCUT2D eigenvalue weighted by Gasteiger charge is -2.16. The van der Waals surface area contributed by atoms with Crippen LogP contribution < -0.4 is 5.32 Å². The van der Waals surface area contributed by atoms with Gasteiger partial charge >= 0.3 is 0 Å². The van der Waals surface area contributed by atoms with Crippen LogP contribution in [0.3, 0.4) is 0 Å². The first kappa shape index (κ1) is 10.0. The summed E-state index contributed by atoms with van der Waals surface area (Å²) in [4.78, 5) is 0. The van der Waals surface area contributed by atoms with Crippen LogP contribution >= 0.6 is 0 Å². The summed E-state index contributed by atoms with van der Waals surface area (Å²) in [7, 11) is 0. The van der Waals surface area contributed by atoms with Gasteiger partial charge in [0.05, 0.1) is 6.10 Å². The van der Waals surface area contributed by atoms with Crippen LogP contribution in [0.4, 0.5) is 0 Å². The van der Waals surface area contributed by atoms with Crippen LogP contribution in [-0.4, -0.2) is 25.3 Å². The zero-order valence-corrected chi connectivity index (χ0v) is 8.31. The number of ether oxygens (including phenoxy) is 1. The second kappa shape index (κ2) is 5.55. The lowest BCUT2D eigenvalue weighted by molar-refractivity contribution is 0.0964. The number of hydrogen-bond acceptors (Lipinski definition) is 2. The molecule has 0 aromatic heterocycles. The normalized spacial score (nSPS) is 26.0. The Balaban J connectivity index is 2.03. The van der Waals surface area contributed by atoms with Crippen molar-refractivity contribution in [1.29, 1.82) is 0 Å². The van der Waals surface area contributed by atoms with Gasteiger partial charge in [0.2, 0.25) is 0 Å². The average Bonchev–Trinajstić information content (AvgIpc) is 2.53.